The van der Waals surface area contributed by atoms with Crippen molar-refractivity contribution in [1.29, 1.82) is 0 Å². The quantitative estimate of drug-likeness (QED) is 0.744. The molecule has 1 fully saturated rings. The molecule has 0 bridgehead atoms. The van der Waals surface area contributed by atoms with Crippen LogP contribution in [0.3, 0.4) is 0 Å². The van der Waals surface area contributed by atoms with Gasteiger partial charge in [-0.15, -0.1) is 0 Å². The molecular weight excluding hydrogens is 228 g/mol. The fourth-order valence-corrected chi connectivity index (χ4v) is 3.22. The Kier molecular flexibility index (Phi) is 6.57. The van der Waals surface area contributed by atoms with Crippen molar-refractivity contribution in [3.8, 4) is 0 Å². The van der Waals surface area contributed by atoms with Crippen LogP contribution in [-0.4, -0.2) is 71.5 Å². The predicted molar refractivity (Wildman–Crippen MR) is 74.7 cm³/mol. The van der Waals surface area contributed by atoms with E-state index in [2.05, 4.69) is 23.9 Å². The Bertz CT molecular complexity index is 210. The molecule has 0 aliphatic heterocycles. The standard InChI is InChI=1S/C14H30N2O2/c1-11(17)9-15(3)13-7-5-6-8-14(13)16(4)10-12(2)18/h11-14,17-18H,5-10H2,1-4H3/t11-,12-,13+,14+/m0/s1. The largest absolute Gasteiger partial charge is 0.392 e. The normalized spacial score (nSPS) is 28.7. The van der Waals surface area contributed by atoms with Gasteiger partial charge in [0, 0.05) is 25.2 Å². The van der Waals surface area contributed by atoms with Crippen LogP contribution in [0.15, 0.2) is 0 Å². The average molecular weight is 258 g/mol. The molecule has 0 unspecified atom stereocenters. The van der Waals surface area contributed by atoms with E-state index in [1.165, 1.54) is 25.7 Å². The topological polar surface area (TPSA) is 46.9 Å². The molecule has 0 heterocycles. The van der Waals surface area contributed by atoms with Gasteiger partial charge in [0.2, 0.25) is 0 Å². The lowest BCUT2D eigenvalue weighted by atomic mass is 9.88. The lowest BCUT2D eigenvalue weighted by Gasteiger charge is -2.43. The van der Waals surface area contributed by atoms with Crippen LogP contribution in [0.25, 0.3) is 0 Å². The Balaban J connectivity index is 2.61. The molecule has 4 nitrogen and oxygen atoms in total. The fraction of sp³-hybridized carbons (Fsp3) is 1.00. The third-order valence-corrected chi connectivity index (χ3v) is 3.93. The summed E-state index contributed by atoms with van der Waals surface area (Å²) in [5, 5.41) is 19.1. The SMILES string of the molecule is C[C@H](O)CN(C)[C@@H]1CCCC[C@H]1N(C)C[C@H](C)O. The van der Waals surface area contributed by atoms with Gasteiger partial charge >= 0.3 is 0 Å². The highest BCUT2D eigenvalue weighted by Crippen LogP contribution is 2.26. The second-order valence-corrected chi connectivity index (χ2v) is 6.00. The maximum absolute atomic E-state index is 9.53. The Morgan fingerprint density at radius 1 is 0.889 bits per heavy atom. The maximum Gasteiger partial charge on any atom is 0.0639 e. The first-order chi connectivity index (χ1) is 8.41. The van der Waals surface area contributed by atoms with Gasteiger partial charge in [-0.05, 0) is 40.8 Å². The molecule has 4 atom stereocenters. The van der Waals surface area contributed by atoms with Crippen molar-refractivity contribution in [2.75, 3.05) is 27.2 Å². The van der Waals surface area contributed by atoms with Gasteiger partial charge in [-0.1, -0.05) is 12.8 Å². The predicted octanol–water partition coefficient (Wildman–Crippen LogP) is 0.923. The molecule has 18 heavy (non-hydrogen) atoms. The smallest absolute Gasteiger partial charge is 0.0639 e. The summed E-state index contributed by atoms with van der Waals surface area (Å²) in [5.41, 5.74) is 0. The molecule has 4 heteroatoms. The van der Waals surface area contributed by atoms with Crippen LogP contribution < -0.4 is 0 Å². The number of aliphatic hydroxyl groups is 2. The summed E-state index contributed by atoms with van der Waals surface area (Å²) in [6.07, 6.45) is 4.37. The molecule has 0 amide bonds. The van der Waals surface area contributed by atoms with E-state index in [4.69, 9.17) is 0 Å². The third kappa shape index (κ3) is 4.84. The second-order valence-electron chi connectivity index (χ2n) is 6.00. The maximum atomic E-state index is 9.53. The molecule has 1 aliphatic carbocycles. The molecule has 0 aromatic carbocycles. The van der Waals surface area contributed by atoms with Gasteiger partial charge in [-0.2, -0.15) is 0 Å². The molecule has 0 spiro atoms. The van der Waals surface area contributed by atoms with Gasteiger partial charge in [-0.25, -0.2) is 0 Å². The van der Waals surface area contributed by atoms with Gasteiger partial charge in [0.1, 0.15) is 0 Å². The van der Waals surface area contributed by atoms with Crippen LogP contribution >= 0.6 is 0 Å². The summed E-state index contributed by atoms with van der Waals surface area (Å²) in [6.45, 7) is 5.13. The molecular formula is C14H30N2O2. The van der Waals surface area contributed by atoms with Crippen molar-refractivity contribution >= 4 is 0 Å². The molecule has 0 radical (unpaired) electrons. The van der Waals surface area contributed by atoms with E-state index in [0.717, 1.165) is 13.1 Å². The number of hydrogen-bond donors (Lipinski definition) is 2. The van der Waals surface area contributed by atoms with Crippen LogP contribution in [-0.2, 0) is 0 Å². The number of rotatable bonds is 6. The van der Waals surface area contributed by atoms with Crippen molar-refractivity contribution in [1.82, 2.24) is 9.80 Å². The first-order valence-electron chi connectivity index (χ1n) is 7.18. The van der Waals surface area contributed by atoms with Gasteiger partial charge in [0.15, 0.2) is 0 Å². The summed E-state index contributed by atoms with van der Waals surface area (Å²) in [5.74, 6) is 0. The van der Waals surface area contributed by atoms with E-state index in [0.29, 0.717) is 12.1 Å². The minimum absolute atomic E-state index is 0.278. The summed E-state index contributed by atoms with van der Waals surface area (Å²) < 4.78 is 0. The zero-order chi connectivity index (χ0) is 13.7. The number of aliphatic hydroxyl groups excluding tert-OH is 2. The molecule has 108 valence electrons. The number of likely N-dealkylation sites (N-methyl/N-ethyl adjacent to an activating group) is 2. The Morgan fingerprint density at radius 3 is 1.50 bits per heavy atom. The highest BCUT2D eigenvalue weighted by atomic mass is 16.3. The van der Waals surface area contributed by atoms with E-state index < -0.39 is 0 Å². The van der Waals surface area contributed by atoms with E-state index in [1.54, 1.807) is 0 Å². The van der Waals surface area contributed by atoms with Crippen molar-refractivity contribution < 1.29 is 10.2 Å². The van der Waals surface area contributed by atoms with E-state index in [1.807, 2.05) is 13.8 Å². The first kappa shape index (κ1) is 15.9. The van der Waals surface area contributed by atoms with Crippen molar-refractivity contribution in [3.63, 3.8) is 0 Å². The third-order valence-electron chi connectivity index (χ3n) is 3.93. The lowest BCUT2D eigenvalue weighted by molar-refractivity contribution is 0.0308. The van der Waals surface area contributed by atoms with Gasteiger partial charge in [-0.3, -0.25) is 9.80 Å². The fourth-order valence-electron chi connectivity index (χ4n) is 3.22. The average Bonchev–Trinajstić information content (AvgIpc) is 2.27. The minimum atomic E-state index is -0.278. The highest BCUT2D eigenvalue weighted by molar-refractivity contribution is 4.88. The van der Waals surface area contributed by atoms with Gasteiger partial charge < -0.3 is 10.2 Å². The van der Waals surface area contributed by atoms with Crippen molar-refractivity contribution in [3.05, 3.63) is 0 Å². The van der Waals surface area contributed by atoms with Crippen molar-refractivity contribution in [2.45, 2.75) is 63.8 Å². The first-order valence-corrected chi connectivity index (χ1v) is 7.18. The Morgan fingerprint density at radius 2 is 1.22 bits per heavy atom. The number of nitrogens with zero attached hydrogens (tertiary/aromatic N) is 2. The van der Waals surface area contributed by atoms with Gasteiger partial charge in [0.25, 0.3) is 0 Å². The zero-order valence-corrected chi connectivity index (χ0v) is 12.3. The summed E-state index contributed by atoms with van der Waals surface area (Å²) in [7, 11) is 4.21. The van der Waals surface area contributed by atoms with Crippen molar-refractivity contribution in [2.24, 2.45) is 0 Å². The van der Waals surface area contributed by atoms with E-state index in [-0.39, 0.29) is 12.2 Å². The molecule has 0 aromatic heterocycles. The molecule has 0 saturated heterocycles. The molecule has 2 N–H and O–H groups in total. The minimum Gasteiger partial charge on any atom is -0.392 e. The zero-order valence-electron chi connectivity index (χ0n) is 12.3. The van der Waals surface area contributed by atoms with Crippen LogP contribution in [0.2, 0.25) is 0 Å². The van der Waals surface area contributed by atoms with E-state index >= 15 is 0 Å². The van der Waals surface area contributed by atoms with E-state index in [9.17, 15) is 10.2 Å². The summed E-state index contributed by atoms with van der Waals surface area (Å²) in [4.78, 5) is 4.57. The Hall–Kier alpha value is -0.160. The van der Waals surface area contributed by atoms with Gasteiger partial charge in [0.05, 0.1) is 12.2 Å². The van der Waals surface area contributed by atoms with Crippen LogP contribution in [0, 0.1) is 0 Å². The molecule has 1 rings (SSSR count). The second kappa shape index (κ2) is 7.43. The Labute approximate surface area is 112 Å². The van der Waals surface area contributed by atoms with Crippen LogP contribution in [0.5, 0.6) is 0 Å². The highest BCUT2D eigenvalue weighted by Gasteiger charge is 2.31. The molecule has 1 aliphatic rings. The van der Waals surface area contributed by atoms with Crippen LogP contribution in [0.1, 0.15) is 39.5 Å². The van der Waals surface area contributed by atoms with Crippen LogP contribution in [0.4, 0.5) is 0 Å². The summed E-state index contributed by atoms with van der Waals surface area (Å²) in [6, 6.07) is 0.995. The molecule has 0 aromatic rings. The monoisotopic (exact) mass is 258 g/mol. The summed E-state index contributed by atoms with van der Waals surface area (Å²) >= 11 is 0. The lowest BCUT2D eigenvalue weighted by Crippen LogP contribution is -2.53. The molecule has 1 saturated carbocycles. The number of hydrogen-bond acceptors (Lipinski definition) is 4.